The number of hydrogen-bond acceptors (Lipinski definition) is 3. The van der Waals surface area contributed by atoms with Crippen molar-refractivity contribution < 1.29 is 0 Å². The minimum absolute atomic E-state index is 0.334. The number of nitrogens with zero attached hydrogens (tertiary/aromatic N) is 3. The van der Waals surface area contributed by atoms with Crippen LogP contribution in [-0.4, -0.2) is 0 Å². The van der Waals surface area contributed by atoms with Crippen molar-refractivity contribution in [2.24, 2.45) is 11.3 Å². The van der Waals surface area contributed by atoms with Crippen molar-refractivity contribution in [3.63, 3.8) is 0 Å². The summed E-state index contributed by atoms with van der Waals surface area (Å²) in [4.78, 5) is 2.12. The van der Waals surface area contributed by atoms with E-state index in [1.807, 2.05) is 85.8 Å². The molecule has 0 unspecified atom stereocenters. The Balaban J connectivity index is 2.00. The number of aryl methyl sites for hydroxylation is 1. The monoisotopic (exact) mass is 383 g/mol. The van der Waals surface area contributed by atoms with E-state index in [-0.39, 0.29) is 5.92 Å². The normalized spacial score (nSPS) is 22.0. The van der Waals surface area contributed by atoms with E-state index in [2.05, 4.69) is 17.0 Å². The molecule has 1 heterocycles. The van der Waals surface area contributed by atoms with Crippen LogP contribution in [0.2, 0.25) is 5.02 Å². The SMILES string of the molecule is Cc1ccc(N2C3=CC=CC=C[C@H]3C(C#N)(C#N)[C@@H]2c2ccc(Cl)cc2)cc1. The third-order valence-corrected chi connectivity index (χ3v) is 5.69. The maximum atomic E-state index is 10.2. The number of nitriles is 2. The Kier molecular flexibility index (Phi) is 4.55. The predicted octanol–water partition coefficient (Wildman–Crippen LogP) is 5.87. The standard InChI is InChI=1S/C24H18ClN3/c1-17-7-13-20(14-8-17)28-22-6-4-2-3-5-21(22)24(15-26,16-27)23(28)18-9-11-19(25)12-10-18/h2-14,21,23H,1H3/t21-,23+/m1/s1. The first-order chi connectivity index (χ1) is 13.6. The molecule has 2 aliphatic rings. The fourth-order valence-corrected chi connectivity index (χ4v) is 4.21. The maximum Gasteiger partial charge on any atom is 0.180 e. The summed E-state index contributed by atoms with van der Waals surface area (Å²) in [6.45, 7) is 2.04. The molecule has 0 bridgehead atoms. The van der Waals surface area contributed by atoms with Crippen molar-refractivity contribution in [3.05, 3.63) is 101 Å². The molecule has 28 heavy (non-hydrogen) atoms. The molecule has 1 aliphatic carbocycles. The summed E-state index contributed by atoms with van der Waals surface area (Å²) in [6.07, 6.45) is 9.75. The van der Waals surface area contributed by atoms with Gasteiger partial charge in [-0.3, -0.25) is 0 Å². The largest absolute Gasteiger partial charge is 0.334 e. The Morgan fingerprint density at radius 2 is 1.61 bits per heavy atom. The number of hydrogen-bond donors (Lipinski definition) is 0. The van der Waals surface area contributed by atoms with E-state index in [1.165, 1.54) is 0 Å². The van der Waals surface area contributed by atoms with E-state index in [9.17, 15) is 10.5 Å². The van der Waals surface area contributed by atoms with Crippen LogP contribution in [0.15, 0.2) is 84.6 Å². The van der Waals surface area contributed by atoms with Gasteiger partial charge in [-0.1, -0.05) is 65.7 Å². The van der Waals surface area contributed by atoms with Gasteiger partial charge >= 0.3 is 0 Å². The Hall–Kier alpha value is -3.27. The Bertz CT molecular complexity index is 1050. The van der Waals surface area contributed by atoms with Gasteiger partial charge in [0.15, 0.2) is 5.41 Å². The lowest BCUT2D eigenvalue weighted by atomic mass is 9.72. The second kappa shape index (κ2) is 7.04. The van der Waals surface area contributed by atoms with Crippen LogP contribution in [0.4, 0.5) is 5.69 Å². The Labute approximate surface area is 170 Å². The highest BCUT2D eigenvalue weighted by atomic mass is 35.5. The zero-order valence-electron chi connectivity index (χ0n) is 15.4. The first-order valence-corrected chi connectivity index (χ1v) is 9.47. The van der Waals surface area contributed by atoms with E-state index < -0.39 is 11.5 Å². The molecule has 1 saturated heterocycles. The molecule has 0 N–H and O–H groups in total. The van der Waals surface area contributed by atoms with Gasteiger partial charge in [-0.25, -0.2) is 0 Å². The molecule has 136 valence electrons. The fourth-order valence-electron chi connectivity index (χ4n) is 4.08. The average Bonchev–Trinajstić information content (AvgIpc) is 2.84. The predicted molar refractivity (Wildman–Crippen MR) is 111 cm³/mol. The lowest BCUT2D eigenvalue weighted by molar-refractivity contribution is 0.417. The number of halogens is 1. The van der Waals surface area contributed by atoms with Gasteiger partial charge in [-0.05, 0) is 42.8 Å². The molecule has 3 nitrogen and oxygen atoms in total. The molecule has 0 spiro atoms. The van der Waals surface area contributed by atoms with E-state index in [0.29, 0.717) is 5.02 Å². The van der Waals surface area contributed by atoms with Crippen molar-refractivity contribution in [1.29, 1.82) is 10.5 Å². The number of rotatable bonds is 2. The third-order valence-electron chi connectivity index (χ3n) is 5.44. The second-order valence-electron chi connectivity index (χ2n) is 7.09. The van der Waals surface area contributed by atoms with Crippen LogP contribution in [-0.2, 0) is 0 Å². The molecule has 0 amide bonds. The van der Waals surface area contributed by atoms with Crippen molar-refractivity contribution in [1.82, 2.24) is 0 Å². The van der Waals surface area contributed by atoms with Gasteiger partial charge in [-0.15, -0.1) is 0 Å². The van der Waals surface area contributed by atoms with Crippen LogP contribution in [0.1, 0.15) is 17.2 Å². The summed E-state index contributed by atoms with van der Waals surface area (Å²) < 4.78 is 0. The van der Waals surface area contributed by atoms with E-state index in [4.69, 9.17) is 11.6 Å². The van der Waals surface area contributed by atoms with Crippen LogP contribution < -0.4 is 4.90 Å². The fraction of sp³-hybridized carbons (Fsp3) is 0.167. The van der Waals surface area contributed by atoms with Crippen LogP contribution in [0, 0.1) is 40.9 Å². The highest BCUT2D eigenvalue weighted by Crippen LogP contribution is 2.57. The van der Waals surface area contributed by atoms with Gasteiger partial charge < -0.3 is 4.90 Å². The quantitative estimate of drug-likeness (QED) is 0.651. The minimum atomic E-state index is -1.26. The van der Waals surface area contributed by atoms with Crippen molar-refractivity contribution in [2.45, 2.75) is 13.0 Å². The topological polar surface area (TPSA) is 50.8 Å². The van der Waals surface area contributed by atoms with E-state index >= 15 is 0 Å². The van der Waals surface area contributed by atoms with Crippen LogP contribution in [0.5, 0.6) is 0 Å². The zero-order chi connectivity index (χ0) is 19.7. The van der Waals surface area contributed by atoms with Gasteiger partial charge in [0.1, 0.15) is 0 Å². The smallest absolute Gasteiger partial charge is 0.180 e. The van der Waals surface area contributed by atoms with Crippen molar-refractivity contribution in [2.75, 3.05) is 4.90 Å². The molecule has 0 saturated carbocycles. The average molecular weight is 384 g/mol. The number of benzene rings is 2. The van der Waals surface area contributed by atoms with Crippen molar-refractivity contribution >= 4 is 17.3 Å². The van der Waals surface area contributed by atoms with E-state index in [1.54, 1.807) is 0 Å². The molecule has 4 rings (SSSR count). The minimum Gasteiger partial charge on any atom is -0.334 e. The molecule has 2 atom stereocenters. The summed E-state index contributed by atoms with van der Waals surface area (Å²) in [6, 6.07) is 19.9. The lowest BCUT2D eigenvalue weighted by Gasteiger charge is -2.31. The third kappa shape index (κ3) is 2.73. The zero-order valence-corrected chi connectivity index (χ0v) is 16.1. The summed E-state index contributed by atoms with van der Waals surface area (Å²) >= 11 is 6.10. The summed E-state index contributed by atoms with van der Waals surface area (Å²) in [5.41, 5.74) is 2.69. The number of fused-ring (bicyclic) bond motifs is 1. The van der Waals surface area contributed by atoms with Crippen molar-refractivity contribution in [3.8, 4) is 12.1 Å². The Morgan fingerprint density at radius 1 is 0.929 bits per heavy atom. The first kappa shape index (κ1) is 18.1. The van der Waals surface area contributed by atoms with Gasteiger partial charge in [0.05, 0.1) is 24.1 Å². The first-order valence-electron chi connectivity index (χ1n) is 9.09. The van der Waals surface area contributed by atoms with Crippen LogP contribution in [0.25, 0.3) is 0 Å². The van der Waals surface area contributed by atoms with Crippen LogP contribution in [0.3, 0.4) is 0 Å². The Morgan fingerprint density at radius 3 is 2.25 bits per heavy atom. The number of allylic oxidation sites excluding steroid dienone is 5. The summed E-state index contributed by atoms with van der Waals surface area (Å²) in [7, 11) is 0. The number of anilines is 1. The summed E-state index contributed by atoms with van der Waals surface area (Å²) in [5, 5.41) is 21.1. The van der Waals surface area contributed by atoms with E-state index in [0.717, 1.165) is 22.5 Å². The van der Waals surface area contributed by atoms with Gasteiger partial charge in [0.25, 0.3) is 0 Å². The molecular weight excluding hydrogens is 366 g/mol. The maximum absolute atomic E-state index is 10.2. The molecule has 0 radical (unpaired) electrons. The van der Waals surface area contributed by atoms with Gasteiger partial charge in [0.2, 0.25) is 0 Å². The summed E-state index contributed by atoms with van der Waals surface area (Å²) in [5.74, 6) is -0.334. The molecule has 2 aromatic rings. The molecule has 0 aromatic heterocycles. The second-order valence-corrected chi connectivity index (χ2v) is 7.53. The van der Waals surface area contributed by atoms with Crippen LogP contribution >= 0.6 is 11.6 Å². The molecule has 2 aromatic carbocycles. The van der Waals surface area contributed by atoms with Gasteiger partial charge in [-0.2, -0.15) is 10.5 Å². The molecular formula is C24H18ClN3. The molecule has 1 aliphatic heterocycles. The molecule has 1 fully saturated rings. The molecule has 4 heteroatoms. The van der Waals surface area contributed by atoms with Gasteiger partial charge in [0, 0.05) is 16.4 Å². The highest BCUT2D eigenvalue weighted by Gasteiger charge is 2.58. The highest BCUT2D eigenvalue weighted by molar-refractivity contribution is 6.30. The lowest BCUT2D eigenvalue weighted by Crippen LogP contribution is -2.31.